The Labute approximate surface area is 169 Å². The van der Waals surface area contributed by atoms with Crippen molar-refractivity contribution in [1.29, 1.82) is 0 Å². The molecule has 0 spiro atoms. The molecule has 0 saturated carbocycles. The Bertz CT molecular complexity index is 944. The molecule has 0 unspecified atom stereocenters. The zero-order valence-corrected chi connectivity index (χ0v) is 16.1. The summed E-state index contributed by atoms with van der Waals surface area (Å²) in [6.45, 7) is 0.332. The van der Waals surface area contributed by atoms with Gasteiger partial charge in [-0.05, 0) is 41.5 Å². The van der Waals surface area contributed by atoms with Crippen LogP contribution in [0.5, 0.6) is 17.2 Å². The van der Waals surface area contributed by atoms with Crippen LogP contribution in [-0.4, -0.2) is 25.8 Å². The number of benzene rings is 3. The summed E-state index contributed by atoms with van der Waals surface area (Å²) in [6, 6.07) is 24.4. The van der Waals surface area contributed by atoms with Crippen molar-refractivity contribution in [3.8, 4) is 17.2 Å². The molecule has 0 atom stereocenters. The van der Waals surface area contributed by atoms with E-state index in [1.165, 1.54) is 6.21 Å². The zero-order valence-electron chi connectivity index (χ0n) is 16.1. The van der Waals surface area contributed by atoms with Gasteiger partial charge in [-0.1, -0.05) is 48.5 Å². The first-order chi connectivity index (χ1) is 14.2. The first-order valence-electron chi connectivity index (χ1n) is 9.09. The lowest BCUT2D eigenvalue weighted by atomic mass is 10.2. The lowest BCUT2D eigenvalue weighted by molar-refractivity contribution is -0.123. The molecule has 29 heavy (non-hydrogen) atoms. The maximum absolute atomic E-state index is 11.8. The molecule has 6 nitrogen and oxygen atoms in total. The minimum Gasteiger partial charge on any atom is -0.493 e. The molecule has 0 saturated heterocycles. The molecule has 1 N–H and O–H groups in total. The maximum atomic E-state index is 11.8. The lowest BCUT2D eigenvalue weighted by Gasteiger charge is -2.11. The summed E-state index contributed by atoms with van der Waals surface area (Å²) in [5.41, 5.74) is 4.27. The monoisotopic (exact) mass is 390 g/mol. The van der Waals surface area contributed by atoms with E-state index in [0.717, 1.165) is 11.1 Å². The minimum atomic E-state index is -0.347. The van der Waals surface area contributed by atoms with Gasteiger partial charge in [0, 0.05) is 0 Å². The van der Waals surface area contributed by atoms with Crippen LogP contribution in [0.4, 0.5) is 0 Å². The van der Waals surface area contributed by atoms with Crippen molar-refractivity contribution in [2.24, 2.45) is 5.10 Å². The van der Waals surface area contributed by atoms with E-state index >= 15 is 0 Å². The quantitative estimate of drug-likeness (QED) is 0.446. The van der Waals surface area contributed by atoms with Gasteiger partial charge in [-0.15, -0.1) is 0 Å². The van der Waals surface area contributed by atoms with Crippen molar-refractivity contribution in [2.45, 2.75) is 6.61 Å². The number of carbonyl (C=O) groups is 1. The van der Waals surface area contributed by atoms with Crippen LogP contribution in [0.1, 0.15) is 11.1 Å². The first kappa shape index (κ1) is 19.9. The Morgan fingerprint density at radius 3 is 2.38 bits per heavy atom. The fraction of sp³-hybridized carbons (Fsp3) is 0.130. The van der Waals surface area contributed by atoms with Crippen molar-refractivity contribution in [1.82, 2.24) is 5.43 Å². The Hall–Kier alpha value is -3.80. The second-order valence-electron chi connectivity index (χ2n) is 6.08. The van der Waals surface area contributed by atoms with Gasteiger partial charge in [0.15, 0.2) is 18.1 Å². The van der Waals surface area contributed by atoms with Crippen LogP contribution < -0.4 is 19.6 Å². The second kappa shape index (κ2) is 10.5. The summed E-state index contributed by atoms with van der Waals surface area (Å²) < 4.78 is 16.6. The fourth-order valence-electron chi connectivity index (χ4n) is 2.50. The number of ether oxygens (including phenoxy) is 3. The summed E-state index contributed by atoms with van der Waals surface area (Å²) in [5.74, 6) is 1.50. The van der Waals surface area contributed by atoms with E-state index in [-0.39, 0.29) is 12.5 Å². The van der Waals surface area contributed by atoms with Crippen LogP contribution in [0, 0.1) is 0 Å². The highest BCUT2D eigenvalue weighted by Crippen LogP contribution is 2.28. The molecular formula is C23H22N2O4. The molecule has 0 radical (unpaired) electrons. The molecule has 6 heteroatoms. The van der Waals surface area contributed by atoms with Crippen molar-refractivity contribution >= 4 is 12.1 Å². The van der Waals surface area contributed by atoms with E-state index in [0.29, 0.717) is 23.9 Å². The Kier molecular flexibility index (Phi) is 7.23. The molecule has 0 heterocycles. The number of hydrogen-bond donors (Lipinski definition) is 1. The van der Waals surface area contributed by atoms with Crippen LogP contribution in [0.15, 0.2) is 84.0 Å². The number of hydrogen-bond acceptors (Lipinski definition) is 5. The molecule has 3 aromatic rings. The lowest BCUT2D eigenvalue weighted by Crippen LogP contribution is -2.24. The minimum absolute atomic E-state index is 0.114. The van der Waals surface area contributed by atoms with Crippen LogP contribution in [0.2, 0.25) is 0 Å². The summed E-state index contributed by atoms with van der Waals surface area (Å²) in [7, 11) is 1.58. The van der Waals surface area contributed by atoms with Crippen molar-refractivity contribution in [3.63, 3.8) is 0 Å². The third-order valence-electron chi connectivity index (χ3n) is 3.94. The fourth-order valence-corrected chi connectivity index (χ4v) is 2.50. The normalized spacial score (nSPS) is 10.5. The predicted molar refractivity (Wildman–Crippen MR) is 111 cm³/mol. The molecule has 0 aromatic heterocycles. The predicted octanol–water partition coefficient (Wildman–Crippen LogP) is 3.80. The van der Waals surface area contributed by atoms with Gasteiger partial charge in [-0.3, -0.25) is 4.79 Å². The summed E-state index contributed by atoms with van der Waals surface area (Å²) in [4.78, 5) is 11.8. The second-order valence-corrected chi connectivity index (χ2v) is 6.08. The molecule has 0 bridgehead atoms. The Morgan fingerprint density at radius 2 is 1.66 bits per heavy atom. The van der Waals surface area contributed by atoms with Crippen molar-refractivity contribution < 1.29 is 19.0 Å². The molecule has 3 rings (SSSR count). The summed E-state index contributed by atoms with van der Waals surface area (Å²) in [6.07, 6.45) is 1.53. The SMILES string of the molecule is COc1cc(/C=N/NC(=O)COc2ccccc2)ccc1OCc1ccccc1. The maximum Gasteiger partial charge on any atom is 0.277 e. The van der Waals surface area contributed by atoms with Gasteiger partial charge in [0.1, 0.15) is 12.4 Å². The van der Waals surface area contributed by atoms with Gasteiger partial charge in [0.05, 0.1) is 13.3 Å². The average molecular weight is 390 g/mol. The first-order valence-corrected chi connectivity index (χ1v) is 9.09. The smallest absolute Gasteiger partial charge is 0.277 e. The van der Waals surface area contributed by atoms with E-state index in [1.54, 1.807) is 25.3 Å². The van der Waals surface area contributed by atoms with Crippen LogP contribution >= 0.6 is 0 Å². The number of amides is 1. The van der Waals surface area contributed by atoms with E-state index in [2.05, 4.69) is 10.5 Å². The van der Waals surface area contributed by atoms with Gasteiger partial charge in [0.25, 0.3) is 5.91 Å². The summed E-state index contributed by atoms with van der Waals surface area (Å²) >= 11 is 0. The number of para-hydroxylation sites is 1. The molecular weight excluding hydrogens is 368 g/mol. The third-order valence-corrected chi connectivity index (χ3v) is 3.94. The number of nitrogens with zero attached hydrogens (tertiary/aromatic N) is 1. The van der Waals surface area contributed by atoms with Gasteiger partial charge in [-0.2, -0.15) is 5.10 Å². The zero-order chi connectivity index (χ0) is 20.3. The molecule has 0 aliphatic rings. The van der Waals surface area contributed by atoms with E-state index in [4.69, 9.17) is 14.2 Å². The molecule has 0 aliphatic carbocycles. The van der Waals surface area contributed by atoms with Gasteiger partial charge >= 0.3 is 0 Å². The van der Waals surface area contributed by atoms with Gasteiger partial charge in [-0.25, -0.2) is 5.43 Å². The number of carbonyl (C=O) groups excluding carboxylic acids is 1. The molecule has 1 amide bonds. The highest BCUT2D eigenvalue weighted by molar-refractivity contribution is 5.83. The highest BCUT2D eigenvalue weighted by Gasteiger charge is 2.06. The van der Waals surface area contributed by atoms with Crippen LogP contribution in [0.25, 0.3) is 0 Å². The number of rotatable bonds is 9. The molecule has 148 valence electrons. The van der Waals surface area contributed by atoms with Crippen molar-refractivity contribution in [2.75, 3.05) is 13.7 Å². The summed E-state index contributed by atoms with van der Waals surface area (Å²) in [5, 5.41) is 3.95. The molecule has 0 aliphatic heterocycles. The Morgan fingerprint density at radius 1 is 0.931 bits per heavy atom. The van der Waals surface area contributed by atoms with E-state index in [1.807, 2.05) is 60.7 Å². The average Bonchev–Trinajstić information content (AvgIpc) is 2.78. The number of methoxy groups -OCH3 is 1. The largest absolute Gasteiger partial charge is 0.493 e. The highest BCUT2D eigenvalue weighted by atomic mass is 16.5. The number of hydrazone groups is 1. The molecule has 3 aromatic carbocycles. The standard InChI is InChI=1S/C23H22N2O4/c1-27-22-14-19(12-13-21(22)29-16-18-8-4-2-5-9-18)15-24-25-23(26)17-28-20-10-6-3-7-11-20/h2-15H,16-17H2,1H3,(H,25,26)/b24-15+. The van der Waals surface area contributed by atoms with Gasteiger partial charge in [0.2, 0.25) is 0 Å². The van der Waals surface area contributed by atoms with Crippen molar-refractivity contribution in [3.05, 3.63) is 90.0 Å². The Balaban J connectivity index is 1.51. The van der Waals surface area contributed by atoms with Gasteiger partial charge < -0.3 is 14.2 Å². The number of nitrogens with one attached hydrogen (secondary N) is 1. The van der Waals surface area contributed by atoms with E-state index < -0.39 is 0 Å². The molecule has 0 fully saturated rings. The van der Waals surface area contributed by atoms with E-state index in [9.17, 15) is 4.79 Å². The van der Waals surface area contributed by atoms with Crippen LogP contribution in [-0.2, 0) is 11.4 Å². The topological polar surface area (TPSA) is 69.2 Å². The van der Waals surface area contributed by atoms with Crippen LogP contribution in [0.3, 0.4) is 0 Å². The third kappa shape index (κ3) is 6.39.